The minimum atomic E-state index is -4.44. The van der Waals surface area contributed by atoms with Crippen LogP contribution in [-0.2, 0) is 22.4 Å². The molecule has 0 radical (unpaired) electrons. The molecule has 0 heterocycles. The zero-order valence-corrected chi connectivity index (χ0v) is 24.0. The Morgan fingerprint density at radius 3 is 1.42 bits per heavy atom. The largest absolute Gasteiger partial charge is 0.416 e. The number of fused-ring (bicyclic) bond motifs is 10. The first-order valence-corrected chi connectivity index (χ1v) is 13.8. The second-order valence-corrected chi connectivity index (χ2v) is 13.5. The van der Waals surface area contributed by atoms with E-state index in [1.54, 1.807) is 6.07 Å². The molecule has 0 amide bonds. The van der Waals surface area contributed by atoms with Crippen LogP contribution >= 0.6 is 15.9 Å². The molecule has 0 saturated carbocycles. The summed E-state index contributed by atoms with van der Waals surface area (Å²) in [4.78, 5) is 0. The molecule has 0 aliphatic heterocycles. The summed E-state index contributed by atoms with van der Waals surface area (Å²) in [5.74, 6) is 0. The van der Waals surface area contributed by atoms with Gasteiger partial charge in [-0.25, -0.2) is 0 Å². The van der Waals surface area contributed by atoms with Gasteiger partial charge >= 0.3 is 6.18 Å². The summed E-state index contributed by atoms with van der Waals surface area (Å²) < 4.78 is 43.4. The zero-order valence-electron chi connectivity index (χ0n) is 22.4. The Kier molecular flexibility index (Phi) is 5.25. The first-order chi connectivity index (χ1) is 17.6. The molecular weight excluding hydrogens is 545 g/mol. The topological polar surface area (TPSA) is 0 Å². The number of hydrogen-bond donors (Lipinski definition) is 0. The van der Waals surface area contributed by atoms with Crippen molar-refractivity contribution in [2.75, 3.05) is 0 Å². The van der Waals surface area contributed by atoms with Gasteiger partial charge in [-0.05, 0) is 84.7 Å². The lowest BCUT2D eigenvalue weighted by Gasteiger charge is -2.33. The summed E-state index contributed by atoms with van der Waals surface area (Å²) >= 11 is 3.85. The van der Waals surface area contributed by atoms with Gasteiger partial charge in [-0.15, -0.1) is 0 Å². The molecule has 38 heavy (non-hydrogen) atoms. The van der Waals surface area contributed by atoms with Gasteiger partial charge in [-0.3, -0.25) is 0 Å². The molecule has 2 aliphatic rings. The van der Waals surface area contributed by atoms with Crippen LogP contribution < -0.4 is 0 Å². The monoisotopic (exact) mass is 574 g/mol. The van der Waals surface area contributed by atoms with Crippen LogP contribution in [-0.4, -0.2) is 0 Å². The molecule has 0 bridgehead atoms. The van der Waals surface area contributed by atoms with Crippen LogP contribution in [0.15, 0.2) is 77.3 Å². The molecule has 4 aromatic carbocycles. The molecule has 6 rings (SSSR count). The van der Waals surface area contributed by atoms with Crippen LogP contribution in [0.2, 0.25) is 0 Å². The van der Waals surface area contributed by atoms with E-state index in [1.807, 2.05) is 18.2 Å². The Bertz CT molecular complexity index is 1530. The third-order valence-electron chi connectivity index (χ3n) is 8.30. The van der Waals surface area contributed by atoms with E-state index in [4.69, 9.17) is 0 Å². The van der Waals surface area contributed by atoms with E-state index in [9.17, 15) is 13.2 Å². The minimum absolute atomic E-state index is 0.117. The zero-order chi connectivity index (χ0) is 27.4. The van der Waals surface area contributed by atoms with E-state index >= 15 is 0 Å². The van der Waals surface area contributed by atoms with Crippen molar-refractivity contribution in [2.45, 2.75) is 64.0 Å². The summed E-state index contributed by atoms with van der Waals surface area (Å²) in [6.45, 7) is 13.1. The average Bonchev–Trinajstić information content (AvgIpc) is 3.29. The van der Waals surface area contributed by atoms with E-state index in [0.29, 0.717) is 5.56 Å². The summed E-state index contributed by atoms with van der Waals surface area (Å²) in [6.07, 6.45) is -4.44. The van der Waals surface area contributed by atoms with Crippen LogP contribution in [0.25, 0.3) is 22.3 Å². The summed E-state index contributed by atoms with van der Waals surface area (Å²) in [6, 6.07) is 23.5. The lowest BCUT2D eigenvalue weighted by molar-refractivity contribution is -0.137. The fourth-order valence-corrected chi connectivity index (χ4v) is 7.01. The second-order valence-electron chi connectivity index (χ2n) is 12.7. The van der Waals surface area contributed by atoms with Crippen LogP contribution in [0.1, 0.15) is 80.5 Å². The fraction of sp³-hybridized carbons (Fsp3) is 0.294. The van der Waals surface area contributed by atoms with E-state index in [2.05, 4.69) is 93.9 Å². The van der Waals surface area contributed by atoms with Crippen molar-refractivity contribution < 1.29 is 13.2 Å². The summed E-state index contributed by atoms with van der Waals surface area (Å²) in [5.41, 5.74) is 8.43. The highest BCUT2D eigenvalue weighted by molar-refractivity contribution is 9.10. The maximum absolute atomic E-state index is 14.2. The SMILES string of the molecule is CC(C)(C)c1ccc2c(c1)C1(c3cc(C(C)(C)C)ccc3-2)c2cc(C(F)(F)F)ccc2-c2cccc(Br)c21. The van der Waals surface area contributed by atoms with Gasteiger partial charge in [0.15, 0.2) is 0 Å². The Balaban J connectivity index is 1.84. The molecule has 194 valence electrons. The van der Waals surface area contributed by atoms with Crippen molar-refractivity contribution in [2.24, 2.45) is 0 Å². The van der Waals surface area contributed by atoms with Gasteiger partial charge in [0.1, 0.15) is 0 Å². The van der Waals surface area contributed by atoms with Gasteiger partial charge < -0.3 is 0 Å². The van der Waals surface area contributed by atoms with Crippen LogP contribution in [0.3, 0.4) is 0 Å². The normalized spacial score (nSPS) is 15.3. The predicted octanol–water partition coefficient (Wildman–Crippen LogP) is 10.4. The standard InChI is InChI=1S/C34H30BrF3/c1-31(2,3)19-10-13-22-23-14-11-20(32(4,5)6)17-27(23)33(26(22)16-19)28-18-21(34(36,37)38)12-15-24(28)25-8-7-9-29(35)30(25)33/h7-18H,1-6H3. The maximum Gasteiger partial charge on any atom is 0.416 e. The van der Waals surface area contributed by atoms with Gasteiger partial charge in [0, 0.05) is 4.47 Å². The van der Waals surface area contributed by atoms with E-state index in [0.717, 1.165) is 54.5 Å². The quantitative estimate of drug-likeness (QED) is 0.169. The lowest BCUT2D eigenvalue weighted by atomic mass is 9.68. The van der Waals surface area contributed by atoms with Crippen LogP contribution in [0, 0.1) is 0 Å². The van der Waals surface area contributed by atoms with Crippen molar-refractivity contribution in [3.63, 3.8) is 0 Å². The van der Waals surface area contributed by atoms with Crippen molar-refractivity contribution >= 4 is 15.9 Å². The number of hydrogen-bond acceptors (Lipinski definition) is 0. The van der Waals surface area contributed by atoms with E-state index in [1.165, 1.54) is 12.1 Å². The van der Waals surface area contributed by atoms with Crippen molar-refractivity contribution in [3.8, 4) is 22.3 Å². The number of alkyl halides is 3. The summed E-state index contributed by atoms with van der Waals surface area (Å²) in [7, 11) is 0. The van der Waals surface area contributed by atoms with Crippen LogP contribution in [0.5, 0.6) is 0 Å². The maximum atomic E-state index is 14.2. The second kappa shape index (κ2) is 7.85. The molecule has 0 aromatic heterocycles. The van der Waals surface area contributed by atoms with Gasteiger partial charge in [-0.2, -0.15) is 13.2 Å². The fourth-order valence-electron chi connectivity index (χ4n) is 6.35. The molecule has 1 spiro atoms. The third kappa shape index (κ3) is 3.42. The van der Waals surface area contributed by atoms with Crippen LogP contribution in [0.4, 0.5) is 13.2 Å². The number of halogens is 4. The molecule has 0 fully saturated rings. The van der Waals surface area contributed by atoms with Crippen molar-refractivity contribution in [1.29, 1.82) is 0 Å². The molecule has 4 heteroatoms. The summed E-state index contributed by atoms with van der Waals surface area (Å²) in [5, 5.41) is 0. The average molecular weight is 576 g/mol. The number of benzene rings is 4. The minimum Gasteiger partial charge on any atom is -0.166 e. The number of rotatable bonds is 0. The molecule has 2 aliphatic carbocycles. The Labute approximate surface area is 231 Å². The molecule has 0 saturated heterocycles. The molecule has 0 atom stereocenters. The van der Waals surface area contributed by atoms with E-state index < -0.39 is 17.2 Å². The smallest absolute Gasteiger partial charge is 0.166 e. The van der Waals surface area contributed by atoms with Gasteiger partial charge in [0.05, 0.1) is 11.0 Å². The van der Waals surface area contributed by atoms with Crippen molar-refractivity contribution in [1.82, 2.24) is 0 Å². The first-order valence-electron chi connectivity index (χ1n) is 13.0. The van der Waals surface area contributed by atoms with Gasteiger partial charge in [-0.1, -0.05) is 112 Å². The third-order valence-corrected chi connectivity index (χ3v) is 8.96. The highest BCUT2D eigenvalue weighted by Gasteiger charge is 2.54. The highest BCUT2D eigenvalue weighted by Crippen LogP contribution is 2.65. The first kappa shape index (κ1) is 25.4. The molecule has 0 N–H and O–H groups in total. The molecule has 0 unspecified atom stereocenters. The van der Waals surface area contributed by atoms with Gasteiger partial charge in [0.2, 0.25) is 0 Å². The Morgan fingerprint density at radius 1 is 0.553 bits per heavy atom. The predicted molar refractivity (Wildman–Crippen MR) is 153 cm³/mol. The van der Waals surface area contributed by atoms with Gasteiger partial charge in [0.25, 0.3) is 0 Å². The molecule has 0 nitrogen and oxygen atoms in total. The molecular formula is C34H30BrF3. The van der Waals surface area contributed by atoms with E-state index in [-0.39, 0.29) is 10.8 Å². The van der Waals surface area contributed by atoms with Crippen molar-refractivity contribution in [3.05, 3.63) is 116 Å². The Morgan fingerprint density at radius 2 is 0.974 bits per heavy atom. The lowest BCUT2D eigenvalue weighted by Crippen LogP contribution is -2.28. The highest BCUT2D eigenvalue weighted by atomic mass is 79.9. The molecule has 4 aromatic rings. The Hall–Kier alpha value is -2.85.